The zero-order chi connectivity index (χ0) is 14.0. The third kappa shape index (κ3) is 2.88. The molecule has 2 N–H and O–H groups in total. The Morgan fingerprint density at radius 2 is 2.26 bits per heavy atom. The minimum atomic E-state index is 0.238. The number of hydrogen-bond donors (Lipinski definition) is 1. The van der Waals surface area contributed by atoms with E-state index >= 15 is 0 Å². The predicted octanol–water partition coefficient (Wildman–Crippen LogP) is 2.66. The van der Waals surface area contributed by atoms with E-state index in [0.717, 1.165) is 29.2 Å². The van der Waals surface area contributed by atoms with Crippen LogP contribution in [0.3, 0.4) is 0 Å². The molecular weight excluding hydrogens is 276 g/mol. The Hall–Kier alpha value is -0.780. The number of thioether (sulfide) groups is 1. The first-order valence-electron chi connectivity index (χ1n) is 6.37. The van der Waals surface area contributed by atoms with Crippen molar-refractivity contribution in [1.29, 1.82) is 0 Å². The molecule has 0 bridgehead atoms. The fraction of sp³-hybridized carbons (Fsp3) is 0.500. The topological polar surface area (TPSA) is 38.5 Å². The van der Waals surface area contributed by atoms with Gasteiger partial charge in [-0.2, -0.15) is 0 Å². The van der Waals surface area contributed by atoms with Crippen molar-refractivity contribution in [3.63, 3.8) is 0 Å². The van der Waals surface area contributed by atoms with Crippen LogP contribution < -0.4 is 10.6 Å². The van der Waals surface area contributed by atoms with Crippen LogP contribution in [0, 0.1) is 0 Å². The molecule has 1 fully saturated rings. The number of hydrogen-bond acceptors (Lipinski definition) is 4. The third-order valence-electron chi connectivity index (χ3n) is 3.68. The first-order valence-corrected chi connectivity index (χ1v) is 8.00. The van der Waals surface area contributed by atoms with Gasteiger partial charge < -0.3 is 15.4 Å². The van der Waals surface area contributed by atoms with Crippen molar-refractivity contribution in [3.05, 3.63) is 23.8 Å². The van der Waals surface area contributed by atoms with Gasteiger partial charge in [-0.1, -0.05) is 18.3 Å². The van der Waals surface area contributed by atoms with Gasteiger partial charge in [0.2, 0.25) is 0 Å². The molecule has 1 aliphatic heterocycles. The van der Waals surface area contributed by atoms with Gasteiger partial charge in [-0.25, -0.2) is 0 Å². The highest BCUT2D eigenvalue weighted by molar-refractivity contribution is 7.98. The molecule has 19 heavy (non-hydrogen) atoms. The predicted molar refractivity (Wildman–Crippen MR) is 86.3 cm³/mol. The smallest absolute Gasteiger partial charge is 0.107 e. The van der Waals surface area contributed by atoms with Crippen LogP contribution in [-0.4, -0.2) is 37.0 Å². The van der Waals surface area contributed by atoms with E-state index < -0.39 is 0 Å². The number of ether oxygens (including phenoxy) is 1. The van der Waals surface area contributed by atoms with Gasteiger partial charge >= 0.3 is 0 Å². The van der Waals surface area contributed by atoms with E-state index in [4.69, 9.17) is 22.7 Å². The van der Waals surface area contributed by atoms with Gasteiger partial charge in [0.15, 0.2) is 0 Å². The van der Waals surface area contributed by atoms with Crippen LogP contribution in [0.5, 0.6) is 0 Å². The number of anilines is 1. The third-order valence-corrected chi connectivity index (χ3v) is 4.67. The van der Waals surface area contributed by atoms with E-state index in [1.807, 2.05) is 6.26 Å². The van der Waals surface area contributed by atoms with Crippen LogP contribution in [0.15, 0.2) is 23.1 Å². The fourth-order valence-corrected chi connectivity index (χ4v) is 3.55. The van der Waals surface area contributed by atoms with Gasteiger partial charge in [-0.05, 0) is 31.7 Å². The molecule has 0 radical (unpaired) electrons. The second-order valence-corrected chi connectivity index (χ2v) is 6.05. The molecule has 1 heterocycles. The first kappa shape index (κ1) is 14.6. The molecule has 0 amide bonds. The highest BCUT2D eigenvalue weighted by Crippen LogP contribution is 2.32. The molecule has 3 nitrogen and oxygen atoms in total. The maximum atomic E-state index is 5.92. The Labute approximate surface area is 124 Å². The van der Waals surface area contributed by atoms with Crippen LogP contribution in [0.1, 0.15) is 18.9 Å². The Morgan fingerprint density at radius 1 is 1.53 bits per heavy atom. The quantitative estimate of drug-likeness (QED) is 0.683. The van der Waals surface area contributed by atoms with Gasteiger partial charge in [-0.3, -0.25) is 0 Å². The summed E-state index contributed by atoms with van der Waals surface area (Å²) in [5, 5.41) is 0. The lowest BCUT2D eigenvalue weighted by molar-refractivity contribution is 0.118. The Balaban J connectivity index is 2.41. The Kier molecular flexibility index (Phi) is 4.71. The summed E-state index contributed by atoms with van der Waals surface area (Å²) in [6, 6.07) is 6.58. The Morgan fingerprint density at radius 3 is 2.79 bits per heavy atom. The summed E-state index contributed by atoms with van der Waals surface area (Å²) in [6.07, 6.45) is 3.32. The van der Waals surface area contributed by atoms with Crippen LogP contribution in [-0.2, 0) is 4.74 Å². The van der Waals surface area contributed by atoms with E-state index in [1.54, 1.807) is 11.8 Å². The maximum absolute atomic E-state index is 5.92. The summed E-state index contributed by atoms with van der Waals surface area (Å²) < 4.78 is 5.65. The summed E-state index contributed by atoms with van der Waals surface area (Å²) in [6.45, 7) is 2.94. The fourth-order valence-electron chi connectivity index (χ4n) is 2.64. The second-order valence-electron chi connectivity index (χ2n) is 4.76. The van der Waals surface area contributed by atoms with Crippen LogP contribution in [0.25, 0.3) is 0 Å². The van der Waals surface area contributed by atoms with Crippen molar-refractivity contribution in [3.8, 4) is 0 Å². The van der Waals surface area contributed by atoms with Crippen LogP contribution >= 0.6 is 24.0 Å². The molecule has 0 aliphatic carbocycles. The van der Waals surface area contributed by atoms with Gasteiger partial charge in [0.1, 0.15) is 4.99 Å². The van der Waals surface area contributed by atoms with Crippen LogP contribution in [0.4, 0.5) is 5.69 Å². The standard InChI is InChI=1S/C14H20N2OS2/c1-9-10(7-8-17-9)16(2)11-5-4-6-12(19-3)13(11)14(15)18/h4-6,9-10H,7-8H2,1-3H3,(H2,15,18). The lowest BCUT2D eigenvalue weighted by Crippen LogP contribution is -2.38. The van der Waals surface area contributed by atoms with Gasteiger partial charge in [0, 0.05) is 29.8 Å². The number of nitrogens with two attached hydrogens (primary N) is 1. The summed E-state index contributed by atoms with van der Waals surface area (Å²) in [7, 11) is 2.09. The van der Waals surface area contributed by atoms with Crippen molar-refractivity contribution < 1.29 is 4.74 Å². The largest absolute Gasteiger partial charge is 0.389 e. The number of thiocarbonyl (C=S) groups is 1. The highest BCUT2D eigenvalue weighted by Gasteiger charge is 2.29. The van der Waals surface area contributed by atoms with Crippen molar-refractivity contribution in [2.75, 3.05) is 24.8 Å². The van der Waals surface area contributed by atoms with Crippen molar-refractivity contribution in [1.82, 2.24) is 0 Å². The Bertz CT molecular complexity index is 479. The first-order chi connectivity index (χ1) is 9.06. The number of likely N-dealkylation sites (N-methyl/N-ethyl adjacent to an activating group) is 1. The summed E-state index contributed by atoms with van der Waals surface area (Å²) in [5.74, 6) is 0. The molecule has 0 spiro atoms. The molecule has 1 aromatic carbocycles. The molecule has 5 heteroatoms. The molecule has 1 saturated heterocycles. The average Bonchev–Trinajstić information content (AvgIpc) is 2.83. The average molecular weight is 296 g/mol. The molecule has 2 atom stereocenters. The van der Waals surface area contributed by atoms with Gasteiger partial charge in [-0.15, -0.1) is 11.8 Å². The lowest BCUT2D eigenvalue weighted by Gasteiger charge is -2.31. The van der Waals surface area contributed by atoms with E-state index in [-0.39, 0.29) is 6.10 Å². The maximum Gasteiger partial charge on any atom is 0.107 e. The minimum absolute atomic E-state index is 0.238. The summed E-state index contributed by atoms with van der Waals surface area (Å²) in [4.78, 5) is 3.84. The van der Waals surface area contributed by atoms with Gasteiger partial charge in [0.05, 0.1) is 12.1 Å². The number of benzene rings is 1. The highest BCUT2D eigenvalue weighted by atomic mass is 32.2. The lowest BCUT2D eigenvalue weighted by atomic mass is 10.1. The number of rotatable bonds is 4. The van der Waals surface area contributed by atoms with E-state index in [0.29, 0.717) is 11.0 Å². The minimum Gasteiger partial charge on any atom is -0.389 e. The second kappa shape index (κ2) is 6.11. The normalized spacial score (nSPS) is 22.5. The molecule has 1 aromatic rings. The van der Waals surface area contributed by atoms with Crippen molar-refractivity contribution in [2.24, 2.45) is 5.73 Å². The van der Waals surface area contributed by atoms with Crippen LogP contribution in [0.2, 0.25) is 0 Å². The molecule has 1 aliphatic rings. The molecule has 2 rings (SSSR count). The monoisotopic (exact) mass is 296 g/mol. The SMILES string of the molecule is CSc1cccc(N(C)C2CCOC2C)c1C(N)=S. The number of nitrogens with zero attached hydrogens (tertiary/aromatic N) is 1. The summed E-state index contributed by atoms with van der Waals surface area (Å²) >= 11 is 6.91. The zero-order valence-electron chi connectivity index (χ0n) is 11.6. The molecule has 104 valence electrons. The van der Waals surface area contributed by atoms with E-state index in [1.165, 1.54) is 0 Å². The van der Waals surface area contributed by atoms with E-state index in [9.17, 15) is 0 Å². The zero-order valence-corrected chi connectivity index (χ0v) is 13.2. The van der Waals surface area contributed by atoms with Crippen molar-refractivity contribution >= 4 is 34.7 Å². The molecule has 2 unspecified atom stereocenters. The van der Waals surface area contributed by atoms with Crippen molar-refractivity contribution in [2.45, 2.75) is 30.4 Å². The molecular formula is C14H20N2OS2. The van der Waals surface area contributed by atoms with E-state index in [2.05, 4.69) is 37.1 Å². The summed E-state index contributed by atoms with van der Waals surface area (Å²) in [5.41, 5.74) is 8.00. The molecule has 0 saturated carbocycles. The van der Waals surface area contributed by atoms with Gasteiger partial charge in [0.25, 0.3) is 0 Å². The molecule has 0 aromatic heterocycles.